The van der Waals surface area contributed by atoms with Crippen molar-refractivity contribution in [1.82, 2.24) is 15.2 Å². The average Bonchev–Trinajstić information content (AvgIpc) is 2.43. The number of imide groups is 1. The van der Waals surface area contributed by atoms with Crippen LogP contribution in [-0.2, 0) is 9.59 Å². The number of piperazine rings is 1. The van der Waals surface area contributed by atoms with Crippen molar-refractivity contribution in [1.29, 1.82) is 0 Å². The number of hydrogen-bond acceptors (Lipinski definition) is 5. The van der Waals surface area contributed by atoms with E-state index in [1.807, 2.05) is 0 Å². The summed E-state index contributed by atoms with van der Waals surface area (Å²) < 4.78 is 0. The summed E-state index contributed by atoms with van der Waals surface area (Å²) >= 11 is 0. The molecule has 0 spiro atoms. The first-order valence-electron chi connectivity index (χ1n) is 5.77. The van der Waals surface area contributed by atoms with Crippen molar-refractivity contribution in [2.75, 3.05) is 19.7 Å². The van der Waals surface area contributed by atoms with Crippen molar-refractivity contribution in [2.24, 2.45) is 0 Å². The van der Waals surface area contributed by atoms with Gasteiger partial charge in [0.05, 0.1) is 5.56 Å². The number of nitrogens with one attached hydrogen (secondary N) is 1. The summed E-state index contributed by atoms with van der Waals surface area (Å²) in [6.07, 6.45) is 2.79. The molecule has 1 saturated heterocycles. The highest BCUT2D eigenvalue weighted by molar-refractivity contribution is 6.05. The number of carbonyl (C=O) groups is 3. The number of pyridine rings is 1. The summed E-state index contributed by atoms with van der Waals surface area (Å²) in [4.78, 5) is 39.7. The highest BCUT2D eigenvalue weighted by Gasteiger charge is 2.27. The Bertz CT molecular complexity index is 614. The van der Waals surface area contributed by atoms with E-state index in [0.29, 0.717) is 5.56 Å². The topological polar surface area (TPSA) is 99.6 Å². The van der Waals surface area contributed by atoms with Crippen LogP contribution in [0.25, 0.3) is 0 Å². The van der Waals surface area contributed by atoms with Crippen LogP contribution in [0.2, 0.25) is 0 Å². The lowest BCUT2D eigenvalue weighted by atomic mass is 10.1. The summed E-state index contributed by atoms with van der Waals surface area (Å²) in [6, 6.07) is 1.50. The molecule has 20 heavy (non-hydrogen) atoms. The molecule has 1 aromatic rings. The molecule has 7 heteroatoms. The molecule has 0 saturated carbocycles. The molecular weight excluding hydrogens is 262 g/mol. The molecule has 2 N–H and O–H groups in total. The predicted molar refractivity (Wildman–Crippen MR) is 67.3 cm³/mol. The normalized spacial score (nSPS) is 14.3. The number of aliphatic hydroxyl groups excluding tert-OH is 1. The van der Waals surface area contributed by atoms with Crippen LogP contribution in [0, 0.1) is 11.8 Å². The minimum absolute atomic E-state index is 0.170. The third kappa shape index (κ3) is 3.18. The van der Waals surface area contributed by atoms with Gasteiger partial charge < -0.3 is 10.0 Å². The molecule has 1 aromatic heterocycles. The number of aliphatic hydroxyl groups is 1. The van der Waals surface area contributed by atoms with Gasteiger partial charge >= 0.3 is 0 Å². The maximum Gasteiger partial charge on any atom is 0.256 e. The number of hydrogen-bond donors (Lipinski definition) is 2. The molecule has 2 rings (SSSR count). The second-order valence-electron chi connectivity index (χ2n) is 4.05. The number of aromatic nitrogens is 1. The van der Waals surface area contributed by atoms with Crippen LogP contribution in [0.3, 0.4) is 0 Å². The Morgan fingerprint density at radius 2 is 2.05 bits per heavy atom. The largest absolute Gasteiger partial charge is 0.384 e. The Morgan fingerprint density at radius 3 is 2.70 bits per heavy atom. The van der Waals surface area contributed by atoms with Gasteiger partial charge in [-0.2, -0.15) is 0 Å². The van der Waals surface area contributed by atoms with Crippen LogP contribution in [0.4, 0.5) is 0 Å². The smallest absolute Gasteiger partial charge is 0.256 e. The number of amides is 3. The van der Waals surface area contributed by atoms with Crippen molar-refractivity contribution in [2.45, 2.75) is 0 Å². The first-order chi connectivity index (χ1) is 9.60. The van der Waals surface area contributed by atoms with Crippen LogP contribution in [0.5, 0.6) is 0 Å². The van der Waals surface area contributed by atoms with Crippen LogP contribution >= 0.6 is 0 Å². The van der Waals surface area contributed by atoms with Crippen molar-refractivity contribution >= 4 is 17.7 Å². The first kappa shape index (κ1) is 13.7. The maximum atomic E-state index is 12.2. The van der Waals surface area contributed by atoms with E-state index in [4.69, 9.17) is 5.11 Å². The van der Waals surface area contributed by atoms with Crippen molar-refractivity contribution in [3.63, 3.8) is 0 Å². The van der Waals surface area contributed by atoms with E-state index in [-0.39, 0.29) is 25.3 Å². The lowest BCUT2D eigenvalue weighted by molar-refractivity contribution is -0.135. The third-order valence-corrected chi connectivity index (χ3v) is 2.53. The van der Waals surface area contributed by atoms with E-state index in [1.165, 1.54) is 18.5 Å². The second kappa shape index (κ2) is 5.95. The van der Waals surface area contributed by atoms with E-state index in [1.54, 1.807) is 0 Å². The molecule has 1 fully saturated rings. The zero-order valence-corrected chi connectivity index (χ0v) is 10.4. The van der Waals surface area contributed by atoms with Gasteiger partial charge in [-0.3, -0.25) is 24.7 Å². The van der Waals surface area contributed by atoms with E-state index in [0.717, 1.165) is 4.90 Å². The molecular formula is C13H11N3O4. The molecule has 0 aromatic carbocycles. The molecule has 0 unspecified atom stereocenters. The standard InChI is InChI=1S/C13H11N3O4/c17-3-1-2-9-4-10(6-14-5-9)13(20)16-7-11(18)15-12(19)8-16/h4-6,17H,3,7-8H2,(H,15,18,19). The van der Waals surface area contributed by atoms with Gasteiger partial charge in [0.25, 0.3) is 5.91 Å². The fraction of sp³-hybridized carbons (Fsp3) is 0.231. The fourth-order valence-corrected chi connectivity index (χ4v) is 1.73. The minimum Gasteiger partial charge on any atom is -0.384 e. The summed E-state index contributed by atoms with van der Waals surface area (Å²) in [5.74, 6) is 3.58. The molecule has 3 amide bonds. The molecule has 0 aliphatic carbocycles. The van der Waals surface area contributed by atoms with E-state index < -0.39 is 17.7 Å². The van der Waals surface area contributed by atoms with Gasteiger partial charge in [-0.05, 0) is 6.07 Å². The van der Waals surface area contributed by atoms with Gasteiger partial charge in [-0.15, -0.1) is 0 Å². The quantitative estimate of drug-likeness (QED) is 0.480. The highest BCUT2D eigenvalue weighted by Crippen LogP contribution is 2.07. The number of rotatable bonds is 1. The highest BCUT2D eigenvalue weighted by atomic mass is 16.2. The molecule has 0 atom stereocenters. The van der Waals surface area contributed by atoms with Gasteiger partial charge in [-0.25, -0.2) is 0 Å². The lowest BCUT2D eigenvalue weighted by Crippen LogP contribution is -2.53. The summed E-state index contributed by atoms with van der Waals surface area (Å²) in [7, 11) is 0. The van der Waals surface area contributed by atoms with Gasteiger partial charge in [0.1, 0.15) is 19.7 Å². The summed E-state index contributed by atoms with van der Waals surface area (Å²) in [5, 5.41) is 10.7. The number of carbonyl (C=O) groups excluding carboxylic acids is 3. The predicted octanol–water partition coefficient (Wildman–Crippen LogP) is -1.48. The van der Waals surface area contributed by atoms with E-state index in [2.05, 4.69) is 22.1 Å². The van der Waals surface area contributed by atoms with Gasteiger partial charge in [-0.1, -0.05) is 11.8 Å². The van der Waals surface area contributed by atoms with Crippen molar-refractivity contribution < 1.29 is 19.5 Å². The first-order valence-corrected chi connectivity index (χ1v) is 5.77. The van der Waals surface area contributed by atoms with E-state index in [9.17, 15) is 14.4 Å². The Morgan fingerprint density at radius 1 is 1.35 bits per heavy atom. The van der Waals surface area contributed by atoms with Crippen molar-refractivity contribution in [3.05, 3.63) is 29.6 Å². The molecule has 7 nitrogen and oxygen atoms in total. The monoisotopic (exact) mass is 273 g/mol. The zero-order chi connectivity index (χ0) is 14.5. The molecule has 1 aliphatic heterocycles. The molecule has 1 aliphatic rings. The fourth-order valence-electron chi connectivity index (χ4n) is 1.73. The Balaban J connectivity index is 2.20. The van der Waals surface area contributed by atoms with Crippen LogP contribution < -0.4 is 5.32 Å². The second-order valence-corrected chi connectivity index (χ2v) is 4.05. The summed E-state index contributed by atoms with van der Waals surface area (Å²) in [6.45, 7) is -0.632. The Labute approximate surface area is 114 Å². The van der Waals surface area contributed by atoms with Crippen LogP contribution in [0.1, 0.15) is 15.9 Å². The molecule has 102 valence electrons. The van der Waals surface area contributed by atoms with Gasteiger partial charge in [0, 0.05) is 18.0 Å². The van der Waals surface area contributed by atoms with Crippen molar-refractivity contribution in [3.8, 4) is 11.8 Å². The zero-order valence-electron chi connectivity index (χ0n) is 10.4. The number of nitrogens with zero attached hydrogens (tertiary/aromatic N) is 2. The average molecular weight is 273 g/mol. The SMILES string of the molecule is O=C1CN(C(=O)c2cncc(C#CCO)c2)CC(=O)N1. The van der Waals surface area contributed by atoms with Crippen LogP contribution in [-0.4, -0.2) is 52.4 Å². The Hall–Kier alpha value is -2.72. The van der Waals surface area contributed by atoms with E-state index >= 15 is 0 Å². The third-order valence-electron chi connectivity index (χ3n) is 2.53. The Kier molecular flexibility index (Phi) is 4.08. The van der Waals surface area contributed by atoms with Gasteiger partial charge in [0.15, 0.2) is 0 Å². The summed E-state index contributed by atoms with van der Waals surface area (Å²) in [5.41, 5.74) is 0.704. The molecule has 0 bridgehead atoms. The van der Waals surface area contributed by atoms with Crippen LogP contribution in [0.15, 0.2) is 18.5 Å². The molecule has 2 heterocycles. The van der Waals surface area contributed by atoms with Gasteiger partial charge in [0.2, 0.25) is 11.8 Å². The maximum absolute atomic E-state index is 12.2. The molecule has 0 radical (unpaired) electrons. The lowest BCUT2D eigenvalue weighted by Gasteiger charge is -2.25. The minimum atomic E-state index is -0.515.